The van der Waals surface area contributed by atoms with Gasteiger partial charge in [0, 0.05) is 18.8 Å². The number of hydrogen-bond acceptors (Lipinski definition) is 4. The van der Waals surface area contributed by atoms with Crippen LogP contribution in [0.3, 0.4) is 0 Å². The van der Waals surface area contributed by atoms with E-state index in [2.05, 4.69) is 46.8 Å². The molecule has 0 fully saturated rings. The quantitative estimate of drug-likeness (QED) is 0.852. The maximum absolute atomic E-state index is 5.62. The zero-order valence-electron chi connectivity index (χ0n) is 11.7. The summed E-state index contributed by atoms with van der Waals surface area (Å²) in [6.45, 7) is 7.60. The van der Waals surface area contributed by atoms with Crippen molar-refractivity contribution in [2.75, 3.05) is 6.54 Å². The van der Waals surface area contributed by atoms with Crippen LogP contribution in [-0.2, 0) is 12.3 Å². The van der Waals surface area contributed by atoms with E-state index in [1.165, 1.54) is 16.7 Å². The monoisotopic (exact) mass is 276 g/mol. The van der Waals surface area contributed by atoms with Crippen LogP contribution in [0.4, 0.5) is 0 Å². The van der Waals surface area contributed by atoms with Gasteiger partial charge in [0.05, 0.1) is 0 Å². The molecule has 0 saturated carbocycles. The standard InChI is InChI=1S/C14H20N4S/c1-10-6-11(2)8-13(7-10)9-19-14-17-16-12(3)18(14)5-4-15/h6-8H,4-5,9,15H2,1-3H3. The van der Waals surface area contributed by atoms with Crippen LogP contribution in [0, 0.1) is 20.8 Å². The lowest BCUT2D eigenvalue weighted by atomic mass is 10.1. The van der Waals surface area contributed by atoms with E-state index in [9.17, 15) is 0 Å². The minimum atomic E-state index is 0.607. The van der Waals surface area contributed by atoms with Gasteiger partial charge < -0.3 is 10.3 Å². The summed E-state index contributed by atoms with van der Waals surface area (Å²) in [6.07, 6.45) is 0. The van der Waals surface area contributed by atoms with E-state index in [0.29, 0.717) is 6.54 Å². The number of nitrogens with two attached hydrogens (primary N) is 1. The molecule has 1 heterocycles. The lowest BCUT2D eigenvalue weighted by molar-refractivity contribution is 0.627. The SMILES string of the molecule is Cc1cc(C)cc(CSc2nnc(C)n2CCN)c1. The van der Waals surface area contributed by atoms with E-state index >= 15 is 0 Å². The second kappa shape index (κ2) is 6.21. The van der Waals surface area contributed by atoms with Gasteiger partial charge in [-0.1, -0.05) is 41.1 Å². The van der Waals surface area contributed by atoms with Crippen LogP contribution < -0.4 is 5.73 Å². The fraction of sp³-hybridized carbons (Fsp3) is 0.429. The molecule has 0 unspecified atom stereocenters. The van der Waals surface area contributed by atoms with Crippen molar-refractivity contribution in [3.8, 4) is 0 Å². The smallest absolute Gasteiger partial charge is 0.191 e. The van der Waals surface area contributed by atoms with Crippen molar-refractivity contribution in [3.63, 3.8) is 0 Å². The summed E-state index contributed by atoms with van der Waals surface area (Å²) in [5.74, 6) is 1.83. The number of aryl methyl sites for hydroxylation is 3. The first-order valence-corrected chi connectivity index (χ1v) is 7.38. The average molecular weight is 276 g/mol. The highest BCUT2D eigenvalue weighted by Crippen LogP contribution is 2.22. The molecule has 0 saturated heterocycles. The van der Waals surface area contributed by atoms with Crippen molar-refractivity contribution in [2.45, 2.75) is 38.2 Å². The molecule has 102 valence electrons. The first-order valence-electron chi connectivity index (χ1n) is 6.40. The molecule has 2 aromatic rings. The van der Waals surface area contributed by atoms with Gasteiger partial charge in [-0.25, -0.2) is 0 Å². The Morgan fingerprint density at radius 1 is 1.11 bits per heavy atom. The maximum Gasteiger partial charge on any atom is 0.191 e. The van der Waals surface area contributed by atoms with E-state index in [-0.39, 0.29) is 0 Å². The Labute approximate surface area is 118 Å². The Bertz CT molecular complexity index is 542. The first-order chi connectivity index (χ1) is 9.10. The molecule has 0 aliphatic heterocycles. The molecule has 0 aliphatic carbocycles. The molecule has 1 aromatic carbocycles. The van der Waals surface area contributed by atoms with Crippen molar-refractivity contribution in [1.29, 1.82) is 0 Å². The van der Waals surface area contributed by atoms with Gasteiger partial charge in [0.25, 0.3) is 0 Å². The molecule has 0 atom stereocenters. The van der Waals surface area contributed by atoms with Crippen LogP contribution in [0.25, 0.3) is 0 Å². The Morgan fingerprint density at radius 2 is 1.79 bits per heavy atom. The minimum Gasteiger partial charge on any atom is -0.329 e. The average Bonchev–Trinajstić information content (AvgIpc) is 2.68. The predicted octanol–water partition coefficient (Wildman–Crippen LogP) is 2.45. The predicted molar refractivity (Wildman–Crippen MR) is 79.3 cm³/mol. The summed E-state index contributed by atoms with van der Waals surface area (Å²) in [5, 5.41) is 9.28. The maximum atomic E-state index is 5.62. The summed E-state index contributed by atoms with van der Waals surface area (Å²) in [4.78, 5) is 0. The zero-order valence-corrected chi connectivity index (χ0v) is 12.5. The molecule has 0 radical (unpaired) electrons. The van der Waals surface area contributed by atoms with Gasteiger partial charge in [-0.3, -0.25) is 0 Å². The highest BCUT2D eigenvalue weighted by molar-refractivity contribution is 7.98. The van der Waals surface area contributed by atoms with Crippen LogP contribution in [0.15, 0.2) is 23.4 Å². The van der Waals surface area contributed by atoms with Crippen LogP contribution in [0.1, 0.15) is 22.5 Å². The van der Waals surface area contributed by atoms with Crippen LogP contribution >= 0.6 is 11.8 Å². The van der Waals surface area contributed by atoms with Crippen molar-refractivity contribution in [2.24, 2.45) is 5.73 Å². The molecule has 0 bridgehead atoms. The van der Waals surface area contributed by atoms with E-state index in [1.807, 2.05) is 6.92 Å². The van der Waals surface area contributed by atoms with Gasteiger partial charge in [-0.2, -0.15) is 0 Å². The molecule has 0 aliphatic rings. The molecule has 4 nitrogen and oxygen atoms in total. The topological polar surface area (TPSA) is 56.7 Å². The summed E-state index contributed by atoms with van der Waals surface area (Å²) < 4.78 is 2.08. The molecule has 19 heavy (non-hydrogen) atoms. The van der Waals surface area contributed by atoms with Crippen molar-refractivity contribution < 1.29 is 0 Å². The van der Waals surface area contributed by atoms with Crippen LogP contribution in [0.2, 0.25) is 0 Å². The Hall–Kier alpha value is -1.33. The highest BCUT2D eigenvalue weighted by Gasteiger charge is 2.09. The molecular weight excluding hydrogens is 256 g/mol. The van der Waals surface area contributed by atoms with Gasteiger partial charge in [-0.15, -0.1) is 10.2 Å². The van der Waals surface area contributed by atoms with Crippen molar-refractivity contribution in [1.82, 2.24) is 14.8 Å². The third kappa shape index (κ3) is 3.58. The Kier molecular flexibility index (Phi) is 4.61. The van der Waals surface area contributed by atoms with Gasteiger partial charge >= 0.3 is 0 Å². The number of rotatable bonds is 5. The van der Waals surface area contributed by atoms with Crippen LogP contribution in [0.5, 0.6) is 0 Å². The molecule has 5 heteroatoms. The van der Waals surface area contributed by atoms with Gasteiger partial charge in [-0.05, 0) is 26.3 Å². The fourth-order valence-electron chi connectivity index (χ4n) is 2.16. The number of nitrogens with zero attached hydrogens (tertiary/aromatic N) is 3. The summed E-state index contributed by atoms with van der Waals surface area (Å²) >= 11 is 1.71. The number of aromatic nitrogens is 3. The number of thioether (sulfide) groups is 1. The number of benzene rings is 1. The van der Waals surface area contributed by atoms with Crippen molar-refractivity contribution in [3.05, 3.63) is 40.7 Å². The Balaban J connectivity index is 2.10. The highest BCUT2D eigenvalue weighted by atomic mass is 32.2. The number of hydrogen-bond donors (Lipinski definition) is 1. The molecule has 2 rings (SSSR count). The van der Waals surface area contributed by atoms with E-state index in [0.717, 1.165) is 23.3 Å². The summed E-state index contributed by atoms with van der Waals surface area (Å²) in [5.41, 5.74) is 9.54. The van der Waals surface area contributed by atoms with Gasteiger partial charge in [0.15, 0.2) is 5.16 Å². The first kappa shape index (κ1) is 14.1. The van der Waals surface area contributed by atoms with E-state index in [4.69, 9.17) is 5.73 Å². The normalized spacial score (nSPS) is 10.9. The van der Waals surface area contributed by atoms with E-state index in [1.54, 1.807) is 11.8 Å². The largest absolute Gasteiger partial charge is 0.329 e. The molecule has 2 N–H and O–H groups in total. The third-order valence-electron chi connectivity index (χ3n) is 2.90. The zero-order chi connectivity index (χ0) is 13.8. The second-order valence-electron chi connectivity index (χ2n) is 4.75. The van der Waals surface area contributed by atoms with Crippen molar-refractivity contribution >= 4 is 11.8 Å². The minimum absolute atomic E-state index is 0.607. The third-order valence-corrected chi connectivity index (χ3v) is 3.94. The lowest BCUT2D eigenvalue weighted by Gasteiger charge is -2.07. The molecule has 0 spiro atoms. The second-order valence-corrected chi connectivity index (χ2v) is 5.70. The summed E-state index contributed by atoms with van der Waals surface area (Å²) in [7, 11) is 0. The van der Waals surface area contributed by atoms with E-state index < -0.39 is 0 Å². The van der Waals surface area contributed by atoms with Crippen LogP contribution in [-0.4, -0.2) is 21.3 Å². The molecule has 0 amide bonds. The van der Waals surface area contributed by atoms with Gasteiger partial charge in [0.2, 0.25) is 0 Å². The Morgan fingerprint density at radius 3 is 2.42 bits per heavy atom. The molecular formula is C14H20N4S. The lowest BCUT2D eigenvalue weighted by Crippen LogP contribution is -2.12. The summed E-state index contributed by atoms with van der Waals surface area (Å²) in [6, 6.07) is 6.63. The molecule has 1 aromatic heterocycles. The fourth-order valence-corrected chi connectivity index (χ4v) is 3.10. The van der Waals surface area contributed by atoms with Gasteiger partial charge in [0.1, 0.15) is 5.82 Å².